The highest BCUT2D eigenvalue weighted by molar-refractivity contribution is 5.95. The number of ketones is 1. The highest BCUT2D eigenvalue weighted by atomic mass is 16.5. The van der Waals surface area contributed by atoms with Crippen LogP contribution in [-0.2, 0) is 4.74 Å². The molecular formula is C18H19N3O3. The van der Waals surface area contributed by atoms with E-state index in [0.717, 1.165) is 11.4 Å². The number of aromatic nitrogens is 1. The molecule has 0 atom stereocenters. The molecular weight excluding hydrogens is 306 g/mol. The Hall–Kier alpha value is -2.73. The van der Waals surface area contributed by atoms with Crippen LogP contribution < -0.4 is 5.32 Å². The molecule has 1 saturated heterocycles. The summed E-state index contributed by atoms with van der Waals surface area (Å²) >= 11 is 0. The first-order chi connectivity index (χ1) is 11.6. The number of hydrogen-bond donors (Lipinski definition) is 1. The molecule has 0 aliphatic carbocycles. The number of nitrogens with one attached hydrogen (secondary N) is 1. The van der Waals surface area contributed by atoms with Gasteiger partial charge in [0.1, 0.15) is 5.69 Å². The number of carbonyl (C=O) groups is 2. The number of anilines is 2. The Morgan fingerprint density at radius 3 is 2.62 bits per heavy atom. The molecule has 1 amide bonds. The average Bonchev–Trinajstić information content (AvgIpc) is 2.62. The Labute approximate surface area is 140 Å². The molecule has 0 unspecified atom stereocenters. The molecule has 1 aromatic carbocycles. The van der Waals surface area contributed by atoms with E-state index in [0.29, 0.717) is 37.6 Å². The summed E-state index contributed by atoms with van der Waals surface area (Å²) in [5, 5.41) is 3.21. The fraction of sp³-hybridized carbons (Fsp3) is 0.278. The van der Waals surface area contributed by atoms with Gasteiger partial charge < -0.3 is 15.0 Å². The normalized spacial score (nSPS) is 14.3. The van der Waals surface area contributed by atoms with Gasteiger partial charge in [0.15, 0.2) is 5.78 Å². The molecule has 0 spiro atoms. The summed E-state index contributed by atoms with van der Waals surface area (Å²) in [6.45, 7) is 3.81. The molecule has 1 aliphatic rings. The summed E-state index contributed by atoms with van der Waals surface area (Å²) in [5.41, 5.74) is 2.57. The summed E-state index contributed by atoms with van der Waals surface area (Å²) < 4.78 is 5.26. The SMILES string of the molecule is CC(=O)c1cccc(Nc2ccnc(C(=O)N3CCOCC3)c2)c1. The lowest BCUT2D eigenvalue weighted by Crippen LogP contribution is -2.41. The standard InChI is InChI=1S/C18H19N3O3/c1-13(22)14-3-2-4-15(11-14)20-16-5-6-19-17(12-16)18(23)21-7-9-24-10-8-21/h2-6,11-12H,7-10H2,1H3,(H,19,20). The van der Waals surface area contributed by atoms with E-state index in [1.165, 1.54) is 6.92 Å². The molecule has 2 heterocycles. The monoisotopic (exact) mass is 325 g/mol. The van der Waals surface area contributed by atoms with Crippen LogP contribution in [0.2, 0.25) is 0 Å². The van der Waals surface area contributed by atoms with Gasteiger partial charge in [0, 0.05) is 36.2 Å². The summed E-state index contributed by atoms with van der Waals surface area (Å²) in [6.07, 6.45) is 1.60. The van der Waals surface area contributed by atoms with Gasteiger partial charge in [-0.05, 0) is 31.2 Å². The van der Waals surface area contributed by atoms with Crippen LogP contribution in [-0.4, -0.2) is 47.9 Å². The van der Waals surface area contributed by atoms with Gasteiger partial charge >= 0.3 is 0 Å². The van der Waals surface area contributed by atoms with Crippen molar-refractivity contribution in [2.24, 2.45) is 0 Å². The van der Waals surface area contributed by atoms with Gasteiger partial charge in [-0.3, -0.25) is 14.6 Å². The Morgan fingerprint density at radius 2 is 1.88 bits per heavy atom. The zero-order valence-electron chi connectivity index (χ0n) is 13.5. The van der Waals surface area contributed by atoms with E-state index in [1.807, 2.05) is 12.1 Å². The summed E-state index contributed by atoms with van der Waals surface area (Å²) in [4.78, 5) is 29.9. The van der Waals surface area contributed by atoms with E-state index < -0.39 is 0 Å². The van der Waals surface area contributed by atoms with Crippen molar-refractivity contribution in [2.45, 2.75) is 6.92 Å². The predicted molar refractivity (Wildman–Crippen MR) is 90.7 cm³/mol. The van der Waals surface area contributed by atoms with Crippen molar-refractivity contribution in [3.63, 3.8) is 0 Å². The number of carbonyl (C=O) groups excluding carboxylic acids is 2. The van der Waals surface area contributed by atoms with E-state index in [2.05, 4.69) is 10.3 Å². The molecule has 6 nitrogen and oxygen atoms in total. The van der Waals surface area contributed by atoms with Crippen LogP contribution >= 0.6 is 0 Å². The first kappa shape index (κ1) is 16.1. The van der Waals surface area contributed by atoms with Crippen molar-refractivity contribution < 1.29 is 14.3 Å². The molecule has 1 N–H and O–H groups in total. The lowest BCUT2D eigenvalue weighted by molar-refractivity contribution is 0.0299. The number of benzene rings is 1. The Balaban J connectivity index is 1.76. The Kier molecular flexibility index (Phi) is 4.86. The lowest BCUT2D eigenvalue weighted by atomic mass is 10.1. The van der Waals surface area contributed by atoms with E-state index >= 15 is 0 Å². The van der Waals surface area contributed by atoms with Crippen LogP contribution in [0.25, 0.3) is 0 Å². The third-order valence-electron chi connectivity index (χ3n) is 3.84. The fourth-order valence-electron chi connectivity index (χ4n) is 2.54. The number of hydrogen-bond acceptors (Lipinski definition) is 5. The average molecular weight is 325 g/mol. The summed E-state index contributed by atoms with van der Waals surface area (Å²) in [6, 6.07) is 10.8. The Morgan fingerprint density at radius 1 is 1.12 bits per heavy atom. The highest BCUT2D eigenvalue weighted by Gasteiger charge is 2.19. The van der Waals surface area contributed by atoms with Crippen LogP contribution in [0, 0.1) is 0 Å². The maximum atomic E-state index is 12.5. The van der Waals surface area contributed by atoms with Crippen LogP contribution in [0.5, 0.6) is 0 Å². The molecule has 1 aliphatic heterocycles. The van der Waals surface area contributed by atoms with Crippen LogP contribution in [0.15, 0.2) is 42.6 Å². The quantitative estimate of drug-likeness (QED) is 0.875. The number of amides is 1. The second-order valence-electron chi connectivity index (χ2n) is 5.60. The second-order valence-corrected chi connectivity index (χ2v) is 5.60. The third kappa shape index (κ3) is 3.78. The Bertz CT molecular complexity index is 755. The van der Waals surface area contributed by atoms with Crippen LogP contribution in [0.4, 0.5) is 11.4 Å². The van der Waals surface area contributed by atoms with Crippen molar-refractivity contribution in [2.75, 3.05) is 31.6 Å². The zero-order valence-corrected chi connectivity index (χ0v) is 13.5. The minimum Gasteiger partial charge on any atom is -0.378 e. The fourth-order valence-corrected chi connectivity index (χ4v) is 2.54. The van der Waals surface area contributed by atoms with Crippen molar-refractivity contribution in [3.8, 4) is 0 Å². The van der Waals surface area contributed by atoms with Crippen molar-refractivity contribution >= 4 is 23.1 Å². The predicted octanol–water partition coefficient (Wildman–Crippen LogP) is 2.50. The third-order valence-corrected chi connectivity index (χ3v) is 3.84. The molecule has 0 bridgehead atoms. The van der Waals surface area contributed by atoms with Crippen LogP contribution in [0.1, 0.15) is 27.8 Å². The number of Topliss-reactive ketones (excluding diaryl/α,β-unsaturated/α-hetero) is 1. The van der Waals surface area contributed by atoms with Crippen molar-refractivity contribution in [1.29, 1.82) is 0 Å². The first-order valence-corrected chi connectivity index (χ1v) is 7.84. The minimum absolute atomic E-state index is 0.0107. The van der Waals surface area contributed by atoms with Gasteiger partial charge in [-0.15, -0.1) is 0 Å². The number of pyridine rings is 1. The molecule has 124 valence electrons. The lowest BCUT2D eigenvalue weighted by Gasteiger charge is -2.26. The maximum absolute atomic E-state index is 12.5. The first-order valence-electron chi connectivity index (χ1n) is 7.84. The van der Waals surface area contributed by atoms with E-state index in [4.69, 9.17) is 4.74 Å². The van der Waals surface area contributed by atoms with Gasteiger partial charge in [-0.25, -0.2) is 0 Å². The number of nitrogens with zero attached hydrogens (tertiary/aromatic N) is 2. The number of rotatable bonds is 4. The molecule has 0 saturated carbocycles. The number of morpholine rings is 1. The van der Waals surface area contributed by atoms with Gasteiger partial charge in [0.2, 0.25) is 0 Å². The summed E-state index contributed by atoms with van der Waals surface area (Å²) in [5.74, 6) is -0.0870. The van der Waals surface area contributed by atoms with Gasteiger partial charge in [-0.2, -0.15) is 0 Å². The second kappa shape index (κ2) is 7.23. The molecule has 1 fully saturated rings. The summed E-state index contributed by atoms with van der Waals surface area (Å²) in [7, 11) is 0. The van der Waals surface area contributed by atoms with Crippen molar-refractivity contribution in [1.82, 2.24) is 9.88 Å². The molecule has 24 heavy (non-hydrogen) atoms. The van der Waals surface area contributed by atoms with E-state index in [9.17, 15) is 9.59 Å². The molecule has 0 radical (unpaired) electrons. The molecule has 3 rings (SSSR count). The molecule has 2 aromatic rings. The van der Waals surface area contributed by atoms with Crippen molar-refractivity contribution in [3.05, 3.63) is 53.9 Å². The zero-order chi connectivity index (χ0) is 16.9. The van der Waals surface area contributed by atoms with Crippen LogP contribution in [0.3, 0.4) is 0 Å². The van der Waals surface area contributed by atoms with Gasteiger partial charge in [0.25, 0.3) is 5.91 Å². The van der Waals surface area contributed by atoms with Gasteiger partial charge in [-0.1, -0.05) is 12.1 Å². The van der Waals surface area contributed by atoms with Gasteiger partial charge in [0.05, 0.1) is 13.2 Å². The van der Waals surface area contributed by atoms with E-state index in [-0.39, 0.29) is 11.7 Å². The molecule has 6 heteroatoms. The highest BCUT2D eigenvalue weighted by Crippen LogP contribution is 2.19. The minimum atomic E-state index is -0.0977. The largest absolute Gasteiger partial charge is 0.378 e. The smallest absolute Gasteiger partial charge is 0.272 e. The number of ether oxygens (including phenoxy) is 1. The molecule has 1 aromatic heterocycles. The van der Waals surface area contributed by atoms with E-state index in [1.54, 1.807) is 35.4 Å². The topological polar surface area (TPSA) is 71.5 Å². The maximum Gasteiger partial charge on any atom is 0.272 e.